The van der Waals surface area contributed by atoms with Crippen molar-refractivity contribution in [2.24, 2.45) is 0 Å². The molecule has 0 heterocycles. The van der Waals surface area contributed by atoms with E-state index in [2.05, 4.69) is 4.72 Å². The quantitative estimate of drug-likeness (QED) is 0.780. The number of rotatable bonds is 6. The van der Waals surface area contributed by atoms with Gasteiger partial charge in [0.15, 0.2) is 0 Å². The van der Waals surface area contributed by atoms with Crippen molar-refractivity contribution in [1.82, 2.24) is 4.72 Å². The molecule has 1 aromatic carbocycles. The molecule has 0 aromatic heterocycles. The molecule has 1 aromatic rings. The van der Waals surface area contributed by atoms with Crippen LogP contribution in [0.25, 0.3) is 0 Å². The zero-order valence-corrected chi connectivity index (χ0v) is 12.0. The molecule has 0 aliphatic rings. The van der Waals surface area contributed by atoms with Crippen molar-refractivity contribution in [1.29, 1.82) is 0 Å². The predicted octanol–water partition coefficient (Wildman–Crippen LogP) is 2.52. The lowest BCUT2D eigenvalue weighted by atomic mass is 9.91. The first kappa shape index (κ1) is 15.0. The maximum absolute atomic E-state index is 12.4. The maximum Gasteiger partial charge on any atom is 0.243 e. The highest BCUT2D eigenvalue weighted by atomic mass is 32.2. The third-order valence-corrected chi connectivity index (χ3v) is 5.24. The van der Waals surface area contributed by atoms with Crippen molar-refractivity contribution < 1.29 is 8.42 Å². The number of anilines is 1. The van der Waals surface area contributed by atoms with Gasteiger partial charge in [-0.25, -0.2) is 13.1 Å². The van der Waals surface area contributed by atoms with E-state index in [1.165, 1.54) is 6.07 Å². The van der Waals surface area contributed by atoms with Crippen LogP contribution in [-0.2, 0) is 10.0 Å². The highest BCUT2D eigenvalue weighted by Gasteiger charge is 2.31. The van der Waals surface area contributed by atoms with Crippen LogP contribution in [0.5, 0.6) is 0 Å². The second-order valence-corrected chi connectivity index (χ2v) is 6.14. The monoisotopic (exact) mass is 270 g/mol. The standard InChI is InChI=1S/C13H22N2O2S/c1-4-13(5-2,6-3)15-18(16,17)12-10-8-7-9-11(12)14/h7-10,15H,4-6,14H2,1-3H3. The molecule has 0 unspecified atom stereocenters. The van der Waals surface area contributed by atoms with E-state index >= 15 is 0 Å². The molecule has 0 saturated carbocycles. The van der Waals surface area contributed by atoms with E-state index in [0.717, 1.165) is 19.3 Å². The van der Waals surface area contributed by atoms with Crippen LogP contribution in [0.2, 0.25) is 0 Å². The van der Waals surface area contributed by atoms with Gasteiger partial charge in [0.1, 0.15) is 4.90 Å². The Labute approximate surface area is 110 Å². The number of nitrogens with one attached hydrogen (secondary N) is 1. The third kappa shape index (κ3) is 3.03. The first-order chi connectivity index (χ1) is 8.40. The van der Waals surface area contributed by atoms with Crippen molar-refractivity contribution in [3.05, 3.63) is 24.3 Å². The van der Waals surface area contributed by atoms with Crippen LogP contribution in [-0.4, -0.2) is 14.0 Å². The van der Waals surface area contributed by atoms with Gasteiger partial charge in [0.05, 0.1) is 5.69 Å². The molecule has 3 N–H and O–H groups in total. The minimum Gasteiger partial charge on any atom is -0.398 e. The molecular formula is C13H22N2O2S. The van der Waals surface area contributed by atoms with Crippen LogP contribution >= 0.6 is 0 Å². The molecule has 0 saturated heterocycles. The fourth-order valence-corrected chi connectivity index (χ4v) is 3.78. The van der Waals surface area contributed by atoms with E-state index in [-0.39, 0.29) is 16.1 Å². The molecule has 0 aliphatic carbocycles. The summed E-state index contributed by atoms with van der Waals surface area (Å²) in [7, 11) is -3.56. The lowest BCUT2D eigenvalue weighted by molar-refractivity contribution is 0.342. The number of nitrogen functional groups attached to an aromatic ring is 1. The Morgan fingerprint density at radius 1 is 1.11 bits per heavy atom. The molecule has 0 amide bonds. The first-order valence-electron chi connectivity index (χ1n) is 6.29. The molecule has 0 aliphatic heterocycles. The number of benzene rings is 1. The Hall–Kier alpha value is -1.07. The molecule has 0 fully saturated rings. The summed E-state index contributed by atoms with van der Waals surface area (Å²) in [6.45, 7) is 5.97. The van der Waals surface area contributed by atoms with Gasteiger partial charge in [-0.15, -0.1) is 0 Å². The van der Waals surface area contributed by atoms with E-state index in [4.69, 9.17) is 5.73 Å². The molecule has 0 spiro atoms. The van der Waals surface area contributed by atoms with E-state index < -0.39 is 10.0 Å². The van der Waals surface area contributed by atoms with Gasteiger partial charge in [0.25, 0.3) is 0 Å². The summed E-state index contributed by atoms with van der Waals surface area (Å²) in [6.07, 6.45) is 2.27. The van der Waals surface area contributed by atoms with Crippen LogP contribution in [0.3, 0.4) is 0 Å². The van der Waals surface area contributed by atoms with Crippen LogP contribution < -0.4 is 10.5 Å². The fraction of sp³-hybridized carbons (Fsp3) is 0.538. The Bertz CT molecular complexity index is 485. The minimum absolute atomic E-state index is 0.157. The molecule has 1 rings (SSSR count). The molecule has 18 heavy (non-hydrogen) atoms. The Balaban J connectivity index is 3.13. The van der Waals surface area contributed by atoms with Crippen molar-refractivity contribution in [2.45, 2.75) is 50.5 Å². The summed E-state index contributed by atoms with van der Waals surface area (Å²) >= 11 is 0. The smallest absolute Gasteiger partial charge is 0.243 e. The first-order valence-corrected chi connectivity index (χ1v) is 7.77. The number of hydrogen-bond acceptors (Lipinski definition) is 3. The van der Waals surface area contributed by atoms with Gasteiger partial charge < -0.3 is 5.73 Å². The third-order valence-electron chi connectivity index (χ3n) is 3.59. The van der Waals surface area contributed by atoms with Crippen molar-refractivity contribution in [2.75, 3.05) is 5.73 Å². The number of sulfonamides is 1. The summed E-state index contributed by atoms with van der Waals surface area (Å²) in [5.41, 5.74) is 5.62. The lowest BCUT2D eigenvalue weighted by Gasteiger charge is -2.31. The molecule has 0 bridgehead atoms. The molecule has 102 valence electrons. The van der Waals surface area contributed by atoms with Crippen LogP contribution in [0, 0.1) is 0 Å². The largest absolute Gasteiger partial charge is 0.398 e. The normalized spacial score (nSPS) is 12.6. The second kappa shape index (κ2) is 5.71. The van der Waals surface area contributed by atoms with E-state index in [1.807, 2.05) is 20.8 Å². The SMILES string of the molecule is CCC(CC)(CC)NS(=O)(=O)c1ccccc1N. The van der Waals surface area contributed by atoms with Crippen molar-refractivity contribution in [3.63, 3.8) is 0 Å². The average molecular weight is 270 g/mol. The van der Waals surface area contributed by atoms with E-state index in [0.29, 0.717) is 0 Å². The molecule has 0 radical (unpaired) electrons. The Morgan fingerprint density at radius 3 is 2.06 bits per heavy atom. The topological polar surface area (TPSA) is 72.2 Å². The van der Waals surface area contributed by atoms with Gasteiger partial charge in [-0.2, -0.15) is 0 Å². The number of nitrogens with two attached hydrogens (primary N) is 1. The van der Waals surface area contributed by atoms with Gasteiger partial charge in [-0.05, 0) is 31.4 Å². The second-order valence-electron chi connectivity index (χ2n) is 4.48. The van der Waals surface area contributed by atoms with Gasteiger partial charge in [0.2, 0.25) is 10.0 Å². The van der Waals surface area contributed by atoms with Crippen LogP contribution in [0.1, 0.15) is 40.0 Å². The van der Waals surface area contributed by atoms with Gasteiger partial charge >= 0.3 is 0 Å². The predicted molar refractivity (Wildman–Crippen MR) is 74.8 cm³/mol. The number of hydrogen-bond donors (Lipinski definition) is 2. The van der Waals surface area contributed by atoms with Crippen molar-refractivity contribution in [3.8, 4) is 0 Å². The maximum atomic E-state index is 12.4. The average Bonchev–Trinajstić information content (AvgIpc) is 2.36. The number of para-hydroxylation sites is 1. The van der Waals surface area contributed by atoms with E-state index in [9.17, 15) is 8.42 Å². The molecule has 0 atom stereocenters. The van der Waals surface area contributed by atoms with Gasteiger partial charge in [0, 0.05) is 5.54 Å². The Morgan fingerprint density at radius 2 is 1.61 bits per heavy atom. The highest BCUT2D eigenvalue weighted by molar-refractivity contribution is 7.89. The van der Waals surface area contributed by atoms with Gasteiger partial charge in [-0.1, -0.05) is 32.9 Å². The zero-order chi connectivity index (χ0) is 13.8. The lowest BCUT2D eigenvalue weighted by Crippen LogP contribution is -2.47. The van der Waals surface area contributed by atoms with Crippen LogP contribution in [0.15, 0.2) is 29.2 Å². The Kier molecular flexibility index (Phi) is 4.76. The zero-order valence-electron chi connectivity index (χ0n) is 11.2. The highest BCUT2D eigenvalue weighted by Crippen LogP contribution is 2.25. The molecule has 4 nitrogen and oxygen atoms in total. The summed E-state index contributed by atoms with van der Waals surface area (Å²) in [4.78, 5) is 0.157. The minimum atomic E-state index is -3.56. The molecular weight excluding hydrogens is 248 g/mol. The summed E-state index contributed by atoms with van der Waals surface area (Å²) < 4.78 is 27.5. The van der Waals surface area contributed by atoms with E-state index in [1.54, 1.807) is 18.2 Å². The fourth-order valence-electron chi connectivity index (χ4n) is 2.03. The van der Waals surface area contributed by atoms with Crippen molar-refractivity contribution >= 4 is 15.7 Å². The van der Waals surface area contributed by atoms with Gasteiger partial charge in [-0.3, -0.25) is 0 Å². The van der Waals surface area contributed by atoms with Crippen LogP contribution in [0.4, 0.5) is 5.69 Å². The summed E-state index contributed by atoms with van der Waals surface area (Å²) in [6, 6.07) is 6.53. The molecule has 5 heteroatoms. The summed E-state index contributed by atoms with van der Waals surface area (Å²) in [5.74, 6) is 0. The summed E-state index contributed by atoms with van der Waals surface area (Å²) in [5, 5.41) is 0.